The van der Waals surface area contributed by atoms with Gasteiger partial charge in [-0.3, -0.25) is 9.10 Å². The van der Waals surface area contributed by atoms with Gasteiger partial charge in [0.2, 0.25) is 0 Å². The van der Waals surface area contributed by atoms with E-state index in [-0.39, 0.29) is 4.90 Å². The van der Waals surface area contributed by atoms with Crippen LogP contribution in [-0.4, -0.2) is 27.1 Å². The average molecular weight is 530 g/mol. The van der Waals surface area contributed by atoms with Crippen LogP contribution in [0.5, 0.6) is 0 Å². The van der Waals surface area contributed by atoms with Crippen LogP contribution in [0.2, 0.25) is 10.0 Å². The molecule has 12 heteroatoms. The van der Waals surface area contributed by atoms with Crippen LogP contribution in [0.4, 0.5) is 18.9 Å². The molecule has 0 heterocycles. The van der Waals surface area contributed by atoms with Gasteiger partial charge in [0.25, 0.3) is 15.9 Å². The SMILES string of the molecule is O=C(CN(c1ccc(Cl)c(C(F)(F)F)c1)S(=O)(=O)c1ccccc1)N/N=C\c1cccc(Cl)c1. The summed E-state index contributed by atoms with van der Waals surface area (Å²) in [6, 6.07) is 16.1. The van der Waals surface area contributed by atoms with Gasteiger partial charge >= 0.3 is 6.18 Å². The summed E-state index contributed by atoms with van der Waals surface area (Å²) in [5.74, 6) is -0.888. The van der Waals surface area contributed by atoms with E-state index < -0.39 is 44.9 Å². The highest BCUT2D eigenvalue weighted by molar-refractivity contribution is 7.92. The Kier molecular flexibility index (Phi) is 7.86. The van der Waals surface area contributed by atoms with Gasteiger partial charge in [0.05, 0.1) is 27.4 Å². The van der Waals surface area contributed by atoms with Crippen molar-refractivity contribution in [2.45, 2.75) is 11.1 Å². The molecule has 34 heavy (non-hydrogen) atoms. The average Bonchev–Trinajstić information content (AvgIpc) is 2.78. The van der Waals surface area contributed by atoms with Gasteiger partial charge in [-0.2, -0.15) is 18.3 Å². The molecular weight excluding hydrogens is 514 g/mol. The Bertz CT molecular complexity index is 1320. The number of benzene rings is 3. The zero-order valence-corrected chi connectivity index (χ0v) is 19.5. The molecule has 0 unspecified atom stereocenters. The lowest BCUT2D eigenvalue weighted by Crippen LogP contribution is -2.39. The van der Waals surface area contributed by atoms with Crippen LogP contribution >= 0.6 is 23.2 Å². The second-order valence-electron chi connectivity index (χ2n) is 6.83. The predicted octanol–water partition coefficient (Wildman–Crippen LogP) is 5.36. The van der Waals surface area contributed by atoms with Crippen LogP contribution in [0.3, 0.4) is 0 Å². The minimum Gasteiger partial charge on any atom is -0.271 e. The molecule has 0 atom stereocenters. The minimum atomic E-state index is -4.83. The number of amides is 1. The number of hydrogen-bond donors (Lipinski definition) is 1. The van der Waals surface area contributed by atoms with Crippen LogP contribution in [-0.2, 0) is 21.0 Å². The molecule has 0 aliphatic carbocycles. The topological polar surface area (TPSA) is 78.8 Å². The van der Waals surface area contributed by atoms with E-state index in [9.17, 15) is 26.4 Å². The first-order valence-corrected chi connectivity index (χ1v) is 11.7. The van der Waals surface area contributed by atoms with Crippen molar-refractivity contribution in [3.63, 3.8) is 0 Å². The molecule has 0 bridgehead atoms. The van der Waals surface area contributed by atoms with E-state index in [1.165, 1.54) is 30.5 Å². The molecule has 0 saturated carbocycles. The first-order chi connectivity index (χ1) is 16.0. The lowest BCUT2D eigenvalue weighted by Gasteiger charge is -2.24. The van der Waals surface area contributed by atoms with Crippen LogP contribution in [0.1, 0.15) is 11.1 Å². The van der Waals surface area contributed by atoms with Crippen LogP contribution < -0.4 is 9.73 Å². The molecule has 0 aliphatic heterocycles. The maximum Gasteiger partial charge on any atom is 0.417 e. The molecule has 6 nitrogen and oxygen atoms in total. The number of anilines is 1. The van der Waals surface area contributed by atoms with Gasteiger partial charge in [-0.15, -0.1) is 0 Å². The summed E-state index contributed by atoms with van der Waals surface area (Å²) in [6.07, 6.45) is -3.55. The molecule has 3 aromatic rings. The van der Waals surface area contributed by atoms with E-state index in [0.717, 1.165) is 12.1 Å². The molecule has 0 saturated heterocycles. The quantitative estimate of drug-likeness (QED) is 0.330. The van der Waals surface area contributed by atoms with Crippen LogP contribution in [0.15, 0.2) is 82.8 Å². The Morgan fingerprint density at radius 1 is 1.00 bits per heavy atom. The standard InChI is InChI=1S/C22H16Cl2F3N3O3S/c23-16-6-4-5-15(11-16)13-28-29-21(31)14-30(34(32,33)18-7-2-1-3-8-18)17-9-10-20(24)19(12-17)22(25,26)27/h1-13H,14H2,(H,29,31)/b28-13-. The number of sulfonamides is 1. The third kappa shape index (κ3) is 6.28. The second kappa shape index (κ2) is 10.5. The zero-order valence-electron chi connectivity index (χ0n) is 17.1. The van der Waals surface area contributed by atoms with E-state index in [1.807, 2.05) is 0 Å². The maximum atomic E-state index is 13.4. The molecule has 0 fully saturated rings. The molecule has 0 spiro atoms. The second-order valence-corrected chi connectivity index (χ2v) is 9.54. The Balaban J connectivity index is 1.94. The Morgan fingerprint density at radius 2 is 1.71 bits per heavy atom. The molecular formula is C22H16Cl2F3N3O3S. The van der Waals surface area contributed by atoms with E-state index in [0.29, 0.717) is 21.0 Å². The summed E-state index contributed by atoms with van der Waals surface area (Å²) < 4.78 is 67.1. The largest absolute Gasteiger partial charge is 0.417 e. The fraction of sp³-hybridized carbons (Fsp3) is 0.0909. The van der Waals surface area contributed by atoms with Crippen LogP contribution in [0, 0.1) is 0 Å². The molecule has 3 aromatic carbocycles. The van der Waals surface area contributed by atoms with Crippen molar-refractivity contribution in [3.05, 3.63) is 94.0 Å². The third-order valence-corrected chi connectivity index (χ3v) is 6.77. The number of alkyl halides is 3. The number of nitrogens with zero attached hydrogens (tertiary/aromatic N) is 2. The van der Waals surface area contributed by atoms with Gasteiger partial charge in [0, 0.05) is 5.02 Å². The molecule has 0 aromatic heterocycles. The summed E-state index contributed by atoms with van der Waals surface area (Å²) in [5.41, 5.74) is 1.10. The lowest BCUT2D eigenvalue weighted by molar-refractivity contribution is -0.137. The summed E-state index contributed by atoms with van der Waals surface area (Å²) in [4.78, 5) is 12.3. The van der Waals surface area contributed by atoms with Crippen LogP contribution in [0.25, 0.3) is 0 Å². The van der Waals surface area contributed by atoms with Crippen molar-refractivity contribution in [2.75, 3.05) is 10.8 Å². The number of rotatable bonds is 7. The summed E-state index contributed by atoms with van der Waals surface area (Å²) in [7, 11) is -4.41. The predicted molar refractivity (Wildman–Crippen MR) is 125 cm³/mol. The van der Waals surface area contributed by atoms with Crippen molar-refractivity contribution in [1.82, 2.24) is 5.43 Å². The Labute approximate surface area is 203 Å². The highest BCUT2D eigenvalue weighted by Crippen LogP contribution is 2.37. The van der Waals surface area contributed by atoms with Crippen molar-refractivity contribution in [3.8, 4) is 0 Å². The summed E-state index contributed by atoms with van der Waals surface area (Å²) in [5, 5.41) is 3.58. The summed E-state index contributed by atoms with van der Waals surface area (Å²) in [6.45, 7) is -0.844. The molecule has 0 aliphatic rings. The fourth-order valence-electron chi connectivity index (χ4n) is 2.85. The van der Waals surface area contributed by atoms with Crippen molar-refractivity contribution in [2.24, 2.45) is 5.10 Å². The maximum absolute atomic E-state index is 13.4. The lowest BCUT2D eigenvalue weighted by atomic mass is 10.2. The van der Waals surface area contributed by atoms with Gasteiger partial charge in [-0.1, -0.05) is 53.5 Å². The first kappa shape index (κ1) is 25.5. The number of nitrogens with one attached hydrogen (secondary N) is 1. The van der Waals surface area contributed by atoms with E-state index in [4.69, 9.17) is 23.2 Å². The first-order valence-electron chi connectivity index (χ1n) is 9.50. The normalized spacial score (nSPS) is 12.0. The van der Waals surface area contributed by atoms with Crippen molar-refractivity contribution < 1.29 is 26.4 Å². The number of hydrogen-bond acceptors (Lipinski definition) is 4. The number of carbonyl (C=O) groups is 1. The highest BCUT2D eigenvalue weighted by Gasteiger charge is 2.35. The molecule has 3 rings (SSSR count). The van der Waals surface area contributed by atoms with Gasteiger partial charge in [-0.05, 0) is 48.0 Å². The smallest absolute Gasteiger partial charge is 0.271 e. The van der Waals surface area contributed by atoms with Crippen molar-refractivity contribution >= 4 is 51.0 Å². The van der Waals surface area contributed by atoms with Gasteiger partial charge in [0.1, 0.15) is 6.54 Å². The van der Waals surface area contributed by atoms with E-state index in [2.05, 4.69) is 10.5 Å². The minimum absolute atomic E-state index is 0.214. The number of hydrazone groups is 1. The number of halogens is 5. The molecule has 0 radical (unpaired) electrons. The Morgan fingerprint density at radius 3 is 2.35 bits per heavy atom. The highest BCUT2D eigenvalue weighted by atomic mass is 35.5. The molecule has 1 amide bonds. The van der Waals surface area contributed by atoms with Crippen molar-refractivity contribution in [1.29, 1.82) is 0 Å². The zero-order chi connectivity index (χ0) is 24.9. The summed E-state index contributed by atoms with van der Waals surface area (Å²) >= 11 is 11.5. The molecule has 178 valence electrons. The Hall–Kier alpha value is -3.08. The van der Waals surface area contributed by atoms with Gasteiger partial charge in [0.15, 0.2) is 0 Å². The fourth-order valence-corrected chi connectivity index (χ4v) is 4.71. The number of carbonyl (C=O) groups excluding carboxylic acids is 1. The molecule has 1 N–H and O–H groups in total. The van der Waals surface area contributed by atoms with E-state index >= 15 is 0 Å². The van der Waals surface area contributed by atoms with Gasteiger partial charge < -0.3 is 0 Å². The van der Waals surface area contributed by atoms with E-state index in [1.54, 1.807) is 30.3 Å². The third-order valence-electron chi connectivity index (χ3n) is 4.41. The van der Waals surface area contributed by atoms with Gasteiger partial charge in [-0.25, -0.2) is 13.8 Å². The monoisotopic (exact) mass is 529 g/mol.